The molecule has 0 spiro atoms. The first kappa shape index (κ1) is 17.9. The molecule has 5 heteroatoms. The van der Waals surface area contributed by atoms with E-state index in [4.69, 9.17) is 15.2 Å². The van der Waals surface area contributed by atoms with Crippen LogP contribution in [0.5, 0.6) is 5.75 Å². The summed E-state index contributed by atoms with van der Waals surface area (Å²) in [7, 11) is 2.97. The van der Waals surface area contributed by atoms with Crippen LogP contribution in [-0.4, -0.2) is 20.2 Å². The van der Waals surface area contributed by atoms with Gasteiger partial charge in [0.05, 0.1) is 19.8 Å². The van der Waals surface area contributed by atoms with E-state index in [1.165, 1.54) is 23.8 Å². The van der Waals surface area contributed by atoms with E-state index in [1.54, 1.807) is 19.2 Å². The molecule has 1 aliphatic carbocycles. The summed E-state index contributed by atoms with van der Waals surface area (Å²) >= 11 is 0. The van der Waals surface area contributed by atoms with Gasteiger partial charge in [0, 0.05) is 12.1 Å². The van der Waals surface area contributed by atoms with Crippen molar-refractivity contribution >= 4 is 29.6 Å². The standard InChI is InChI=1S/C19H19NO3.ClH/c1-22-18-10-15(19(21)23-2)6-5-14(18)9-13-4-3-12-7-8-16(20)11-17(12)13;/h4-8,10-11H,3,9,20H2,1-2H3;1H. The van der Waals surface area contributed by atoms with Crippen LogP contribution in [0.3, 0.4) is 0 Å². The highest BCUT2D eigenvalue weighted by atomic mass is 35.5. The number of anilines is 1. The zero-order valence-corrected chi connectivity index (χ0v) is 14.5. The van der Waals surface area contributed by atoms with E-state index in [1.807, 2.05) is 18.2 Å². The normalized spacial score (nSPS) is 12.0. The Bertz CT molecular complexity index is 799. The van der Waals surface area contributed by atoms with Crippen molar-refractivity contribution in [1.29, 1.82) is 0 Å². The third-order valence-corrected chi connectivity index (χ3v) is 4.14. The van der Waals surface area contributed by atoms with E-state index in [9.17, 15) is 4.79 Å². The van der Waals surface area contributed by atoms with Crippen LogP contribution in [0.2, 0.25) is 0 Å². The van der Waals surface area contributed by atoms with Crippen molar-refractivity contribution in [3.63, 3.8) is 0 Å². The van der Waals surface area contributed by atoms with Gasteiger partial charge in [0.2, 0.25) is 0 Å². The number of nitrogen functional groups attached to an aromatic ring is 1. The summed E-state index contributed by atoms with van der Waals surface area (Å²) in [5.74, 6) is 0.319. The third-order valence-electron chi connectivity index (χ3n) is 4.14. The van der Waals surface area contributed by atoms with Crippen molar-refractivity contribution in [2.75, 3.05) is 20.0 Å². The fourth-order valence-corrected chi connectivity index (χ4v) is 2.92. The molecule has 0 aliphatic heterocycles. The Labute approximate surface area is 147 Å². The van der Waals surface area contributed by atoms with Crippen molar-refractivity contribution in [3.05, 3.63) is 64.7 Å². The summed E-state index contributed by atoms with van der Waals surface area (Å²) in [6.07, 6.45) is 3.88. The topological polar surface area (TPSA) is 61.5 Å². The number of fused-ring (bicyclic) bond motifs is 1. The Morgan fingerprint density at radius 1 is 1.17 bits per heavy atom. The van der Waals surface area contributed by atoms with Crippen LogP contribution in [0, 0.1) is 0 Å². The molecule has 2 N–H and O–H groups in total. The van der Waals surface area contributed by atoms with Crippen molar-refractivity contribution in [2.24, 2.45) is 0 Å². The smallest absolute Gasteiger partial charge is 0.337 e. The van der Waals surface area contributed by atoms with Crippen molar-refractivity contribution in [1.82, 2.24) is 0 Å². The van der Waals surface area contributed by atoms with Gasteiger partial charge in [-0.15, -0.1) is 12.4 Å². The first-order valence-electron chi connectivity index (χ1n) is 7.45. The first-order chi connectivity index (χ1) is 11.1. The van der Waals surface area contributed by atoms with Gasteiger partial charge >= 0.3 is 5.97 Å². The molecule has 2 aromatic carbocycles. The SMILES string of the molecule is COC(=O)c1ccc(CC2=CCc3ccc(N)cc32)c(OC)c1.Cl. The van der Waals surface area contributed by atoms with Gasteiger partial charge in [-0.25, -0.2) is 4.79 Å². The lowest BCUT2D eigenvalue weighted by Gasteiger charge is -2.12. The number of nitrogens with two attached hydrogens (primary N) is 1. The van der Waals surface area contributed by atoms with Crippen molar-refractivity contribution < 1.29 is 14.3 Å². The molecule has 0 saturated heterocycles. The molecule has 0 bridgehead atoms. The number of ether oxygens (including phenoxy) is 2. The number of carbonyl (C=O) groups is 1. The zero-order valence-electron chi connectivity index (χ0n) is 13.7. The molecule has 0 amide bonds. The van der Waals surface area contributed by atoms with E-state index in [2.05, 4.69) is 12.1 Å². The minimum absolute atomic E-state index is 0. The lowest BCUT2D eigenvalue weighted by Crippen LogP contribution is -2.03. The quantitative estimate of drug-likeness (QED) is 0.678. The fraction of sp³-hybridized carbons (Fsp3) is 0.211. The van der Waals surface area contributed by atoms with Crippen molar-refractivity contribution in [3.8, 4) is 5.75 Å². The number of rotatable bonds is 4. The molecule has 2 aromatic rings. The van der Waals surface area contributed by atoms with Gasteiger partial charge < -0.3 is 15.2 Å². The Kier molecular flexibility index (Phi) is 5.52. The molecule has 0 aromatic heterocycles. The van der Waals surface area contributed by atoms with Crippen LogP contribution in [0.15, 0.2) is 42.5 Å². The van der Waals surface area contributed by atoms with Gasteiger partial charge in [-0.2, -0.15) is 0 Å². The number of methoxy groups -OCH3 is 2. The maximum atomic E-state index is 11.6. The summed E-state index contributed by atoms with van der Waals surface area (Å²) in [5, 5.41) is 0. The second kappa shape index (κ2) is 7.41. The van der Waals surface area contributed by atoms with E-state index < -0.39 is 0 Å². The molecule has 0 radical (unpaired) electrons. The molecule has 4 nitrogen and oxygen atoms in total. The van der Waals surface area contributed by atoms with Crippen LogP contribution in [0.4, 0.5) is 5.69 Å². The Balaban J connectivity index is 0.00000208. The largest absolute Gasteiger partial charge is 0.496 e. The van der Waals surface area contributed by atoms with Crippen LogP contribution in [-0.2, 0) is 17.6 Å². The first-order valence-corrected chi connectivity index (χ1v) is 7.45. The Hall–Kier alpha value is -2.46. The number of halogens is 1. The van der Waals surface area contributed by atoms with Crippen LogP contribution < -0.4 is 10.5 Å². The van der Waals surface area contributed by atoms with Gasteiger partial charge in [0.1, 0.15) is 5.75 Å². The summed E-state index contributed by atoms with van der Waals surface area (Å²) < 4.78 is 10.2. The van der Waals surface area contributed by atoms with Crippen molar-refractivity contribution in [2.45, 2.75) is 12.8 Å². The van der Waals surface area contributed by atoms with E-state index >= 15 is 0 Å². The average Bonchev–Trinajstić information content (AvgIpc) is 2.96. The molecule has 126 valence electrons. The molecule has 24 heavy (non-hydrogen) atoms. The van der Waals surface area contributed by atoms with E-state index in [0.717, 1.165) is 24.1 Å². The Morgan fingerprint density at radius 2 is 1.96 bits per heavy atom. The Morgan fingerprint density at radius 3 is 2.67 bits per heavy atom. The maximum absolute atomic E-state index is 11.6. The summed E-state index contributed by atoms with van der Waals surface area (Å²) in [4.78, 5) is 11.6. The van der Waals surface area contributed by atoms with E-state index in [0.29, 0.717) is 11.3 Å². The predicted molar refractivity (Wildman–Crippen MR) is 97.8 cm³/mol. The lowest BCUT2D eigenvalue weighted by molar-refractivity contribution is 0.0600. The molecule has 0 unspecified atom stereocenters. The molecular weight excluding hydrogens is 326 g/mol. The molecule has 0 saturated carbocycles. The van der Waals surface area contributed by atoms with Gasteiger partial charge in [-0.05, 0) is 52.9 Å². The summed E-state index contributed by atoms with van der Waals surface area (Å²) in [6.45, 7) is 0. The van der Waals surface area contributed by atoms with Gasteiger partial charge in [-0.1, -0.05) is 18.2 Å². The second-order valence-corrected chi connectivity index (χ2v) is 5.55. The molecule has 0 heterocycles. The molecule has 0 fully saturated rings. The summed E-state index contributed by atoms with van der Waals surface area (Å²) in [5.41, 5.74) is 11.9. The minimum Gasteiger partial charge on any atom is -0.496 e. The van der Waals surface area contributed by atoms with E-state index in [-0.39, 0.29) is 18.4 Å². The number of hydrogen-bond donors (Lipinski definition) is 1. The zero-order chi connectivity index (χ0) is 16.4. The fourth-order valence-electron chi connectivity index (χ4n) is 2.92. The maximum Gasteiger partial charge on any atom is 0.337 e. The van der Waals surface area contributed by atoms with Gasteiger partial charge in [0.25, 0.3) is 0 Å². The van der Waals surface area contributed by atoms with Crippen LogP contribution in [0.25, 0.3) is 5.57 Å². The average molecular weight is 346 g/mol. The second-order valence-electron chi connectivity index (χ2n) is 5.55. The highest BCUT2D eigenvalue weighted by Gasteiger charge is 2.17. The number of benzene rings is 2. The molecular formula is C19H20ClNO3. The van der Waals surface area contributed by atoms with Crippen LogP contribution in [0.1, 0.15) is 27.0 Å². The predicted octanol–water partition coefficient (Wildman–Crippen LogP) is 3.67. The number of esters is 1. The third kappa shape index (κ3) is 3.39. The highest BCUT2D eigenvalue weighted by molar-refractivity contribution is 5.90. The van der Waals surface area contributed by atoms with Gasteiger partial charge in [0.15, 0.2) is 0 Å². The molecule has 1 aliphatic rings. The number of hydrogen-bond acceptors (Lipinski definition) is 4. The molecule has 0 atom stereocenters. The lowest BCUT2D eigenvalue weighted by atomic mass is 9.97. The van der Waals surface area contributed by atoms with Gasteiger partial charge in [-0.3, -0.25) is 0 Å². The summed E-state index contributed by atoms with van der Waals surface area (Å²) in [6, 6.07) is 11.4. The number of carbonyl (C=O) groups excluding carboxylic acids is 1. The highest BCUT2D eigenvalue weighted by Crippen LogP contribution is 2.34. The number of allylic oxidation sites excluding steroid dienone is 2. The minimum atomic E-state index is -0.368. The molecule has 3 rings (SSSR count). The van der Waals surface area contributed by atoms with Crippen LogP contribution >= 0.6 is 12.4 Å². The monoisotopic (exact) mass is 345 g/mol.